The van der Waals surface area contributed by atoms with Crippen LogP contribution < -0.4 is 0 Å². The van der Waals surface area contributed by atoms with E-state index in [0.717, 1.165) is 24.9 Å². The van der Waals surface area contributed by atoms with Gasteiger partial charge in [-0.05, 0) is 109 Å². The quantitative estimate of drug-likeness (QED) is 0.458. The lowest BCUT2D eigenvalue weighted by Crippen LogP contribution is -2.68. The molecule has 33 heavy (non-hydrogen) atoms. The highest BCUT2D eigenvalue weighted by molar-refractivity contribution is 5.89. The molecular weight excluding hydrogens is 408 g/mol. The van der Waals surface area contributed by atoms with Crippen molar-refractivity contribution >= 4 is 5.78 Å². The second-order valence-corrected chi connectivity index (χ2v) is 15.6. The summed E-state index contributed by atoms with van der Waals surface area (Å²) in [6, 6.07) is 0. The molecule has 0 spiro atoms. The summed E-state index contributed by atoms with van der Waals surface area (Å²) >= 11 is 0. The van der Waals surface area contributed by atoms with E-state index in [-0.39, 0.29) is 16.6 Å². The van der Waals surface area contributed by atoms with Gasteiger partial charge in [-0.2, -0.15) is 0 Å². The monoisotopic (exact) mass is 456 g/mol. The molecule has 0 aromatic heterocycles. The number of carbonyl (C=O) groups is 1. The molecule has 0 aromatic carbocycles. The van der Waals surface area contributed by atoms with Gasteiger partial charge in [-0.15, -0.1) is 0 Å². The maximum atomic E-state index is 13.0. The summed E-state index contributed by atoms with van der Waals surface area (Å²) in [4.78, 5) is 13.0. The first-order valence-corrected chi connectivity index (χ1v) is 14.1. The first-order chi connectivity index (χ1) is 15.2. The van der Waals surface area contributed by atoms with Gasteiger partial charge in [0.05, 0.1) is 12.7 Å². The summed E-state index contributed by atoms with van der Waals surface area (Å²) in [5, 5.41) is 10.9. The lowest BCUT2D eigenvalue weighted by Gasteiger charge is -2.73. The van der Waals surface area contributed by atoms with Gasteiger partial charge in [-0.25, -0.2) is 0 Å². The van der Waals surface area contributed by atoms with Crippen LogP contribution >= 0.6 is 0 Å². The molecule has 6 rings (SSSR count). The second kappa shape index (κ2) is 6.47. The normalized spacial score (nSPS) is 58.6. The number of Topliss-reactive ketones (excluding diaryl/α,β-unsaturated/α-hetero) is 1. The zero-order valence-electron chi connectivity index (χ0n) is 22.3. The van der Waals surface area contributed by atoms with Crippen LogP contribution in [0.3, 0.4) is 0 Å². The van der Waals surface area contributed by atoms with Crippen LogP contribution in [0.5, 0.6) is 0 Å². The fraction of sp³-hybridized carbons (Fsp3) is 0.967. The van der Waals surface area contributed by atoms with Crippen LogP contribution in [0.15, 0.2) is 0 Å². The molecule has 3 nitrogen and oxygen atoms in total. The van der Waals surface area contributed by atoms with E-state index < -0.39 is 11.5 Å². The number of carbonyl (C=O) groups excluding carboxylic acids is 1. The van der Waals surface area contributed by atoms with E-state index in [1.807, 2.05) is 0 Å². The molecule has 0 amide bonds. The summed E-state index contributed by atoms with van der Waals surface area (Å²) in [7, 11) is 0. The standard InChI is InChI=1S/C30H48O3/c1-25(2)12-14-30-15-13-28(6)18(22(30)24(25)33-17-30)8-9-21-27(5)16-19(31)23(32)26(3,4)20(27)10-11-29(21,28)7/h18-22,24,31H,8-17H2,1-7H3/t18-,19?,20+,21-,22?,24?,27+,28-,29-,30-/m1/s1. The Bertz CT molecular complexity index is 876. The molecule has 186 valence electrons. The predicted octanol–water partition coefficient (Wildman–Crippen LogP) is 6.42. The molecule has 6 aliphatic rings. The Morgan fingerprint density at radius 2 is 1.52 bits per heavy atom. The minimum Gasteiger partial charge on any atom is -0.385 e. The number of hydrogen-bond donors (Lipinski definition) is 1. The van der Waals surface area contributed by atoms with Crippen molar-refractivity contribution in [1.82, 2.24) is 0 Å². The van der Waals surface area contributed by atoms with Crippen molar-refractivity contribution in [3.05, 3.63) is 0 Å². The van der Waals surface area contributed by atoms with Gasteiger partial charge in [0.25, 0.3) is 0 Å². The van der Waals surface area contributed by atoms with Crippen LogP contribution in [0.2, 0.25) is 0 Å². The van der Waals surface area contributed by atoms with Crippen molar-refractivity contribution in [3.8, 4) is 0 Å². The van der Waals surface area contributed by atoms with E-state index in [1.54, 1.807) is 0 Å². The molecule has 5 aliphatic carbocycles. The zero-order valence-corrected chi connectivity index (χ0v) is 22.3. The van der Waals surface area contributed by atoms with Crippen LogP contribution in [0.25, 0.3) is 0 Å². The molecule has 1 heterocycles. The third-order valence-electron chi connectivity index (χ3n) is 13.8. The Morgan fingerprint density at radius 1 is 0.818 bits per heavy atom. The molecule has 0 aromatic rings. The first kappa shape index (κ1) is 23.0. The summed E-state index contributed by atoms with van der Waals surface area (Å²) in [6.45, 7) is 17.9. The molecule has 1 N–H and O–H groups in total. The van der Waals surface area contributed by atoms with Crippen LogP contribution in [0.4, 0.5) is 0 Å². The van der Waals surface area contributed by atoms with Crippen LogP contribution in [0, 0.1) is 56.2 Å². The van der Waals surface area contributed by atoms with Crippen molar-refractivity contribution < 1.29 is 14.6 Å². The minimum atomic E-state index is -0.785. The van der Waals surface area contributed by atoms with Gasteiger partial charge in [-0.3, -0.25) is 4.79 Å². The van der Waals surface area contributed by atoms with E-state index in [0.29, 0.717) is 40.6 Å². The molecular formula is C30H48O3. The maximum absolute atomic E-state index is 13.0. The third kappa shape index (κ3) is 2.53. The molecule has 6 fully saturated rings. The fourth-order valence-electron chi connectivity index (χ4n) is 11.9. The van der Waals surface area contributed by atoms with E-state index in [2.05, 4.69) is 48.5 Å². The first-order valence-electron chi connectivity index (χ1n) is 14.1. The molecule has 3 unspecified atom stereocenters. The predicted molar refractivity (Wildman–Crippen MR) is 131 cm³/mol. The zero-order chi connectivity index (χ0) is 23.8. The fourth-order valence-corrected chi connectivity index (χ4v) is 11.9. The highest BCUT2D eigenvalue weighted by Crippen LogP contribution is 2.77. The van der Waals surface area contributed by atoms with Crippen LogP contribution in [0.1, 0.15) is 106 Å². The van der Waals surface area contributed by atoms with E-state index in [9.17, 15) is 9.90 Å². The summed E-state index contributed by atoms with van der Waals surface area (Å²) in [6.07, 6.45) is 10.6. The number of ether oxygens (including phenoxy) is 1. The number of rotatable bonds is 0. The lowest BCUT2D eigenvalue weighted by molar-refractivity contribution is -0.245. The molecule has 0 radical (unpaired) electrons. The van der Waals surface area contributed by atoms with Gasteiger partial charge in [-0.1, -0.05) is 48.5 Å². The summed E-state index contributed by atoms with van der Waals surface area (Å²) in [5.41, 5.74) is 0.969. The van der Waals surface area contributed by atoms with Crippen LogP contribution in [-0.4, -0.2) is 29.7 Å². The van der Waals surface area contributed by atoms with Gasteiger partial charge < -0.3 is 9.84 Å². The van der Waals surface area contributed by atoms with Crippen molar-refractivity contribution in [2.75, 3.05) is 6.61 Å². The Kier molecular flexibility index (Phi) is 4.51. The largest absolute Gasteiger partial charge is 0.385 e. The Balaban J connectivity index is 1.41. The topological polar surface area (TPSA) is 46.5 Å². The minimum absolute atomic E-state index is 0.0499. The number of fused-ring (bicyclic) bond motifs is 5. The van der Waals surface area contributed by atoms with E-state index in [1.165, 1.54) is 44.9 Å². The maximum Gasteiger partial charge on any atom is 0.167 e. The van der Waals surface area contributed by atoms with Gasteiger partial charge in [0.2, 0.25) is 0 Å². The highest BCUT2D eigenvalue weighted by atomic mass is 16.5. The van der Waals surface area contributed by atoms with Crippen molar-refractivity contribution in [2.24, 2.45) is 56.2 Å². The average molecular weight is 457 g/mol. The summed E-state index contributed by atoms with van der Waals surface area (Å²) in [5.74, 6) is 2.55. The molecule has 5 saturated carbocycles. The molecule has 1 aliphatic heterocycles. The SMILES string of the molecule is CC1(C)CC[C@]23CC[C@]4(C)[C@H](CC[C@@H]5[C@@]6(C)CC(O)C(=O)C(C)(C)[C@@H]6CC[C@]54C)C2C1OC3. The van der Waals surface area contributed by atoms with Crippen molar-refractivity contribution in [3.63, 3.8) is 0 Å². The van der Waals surface area contributed by atoms with Gasteiger partial charge >= 0.3 is 0 Å². The van der Waals surface area contributed by atoms with Crippen LogP contribution in [-0.2, 0) is 9.53 Å². The van der Waals surface area contributed by atoms with E-state index >= 15 is 0 Å². The Labute approximate surface area is 201 Å². The van der Waals surface area contributed by atoms with Gasteiger partial charge in [0.1, 0.15) is 6.10 Å². The van der Waals surface area contributed by atoms with Gasteiger partial charge in [0, 0.05) is 5.41 Å². The lowest BCUT2D eigenvalue weighted by atomic mass is 9.31. The second-order valence-electron chi connectivity index (χ2n) is 15.6. The number of ketones is 1. The molecule has 2 bridgehead atoms. The molecule has 10 atom stereocenters. The summed E-state index contributed by atoms with van der Waals surface area (Å²) < 4.78 is 6.68. The number of aliphatic hydroxyl groups excluding tert-OH is 1. The number of aliphatic hydroxyl groups is 1. The molecule has 1 saturated heterocycles. The Morgan fingerprint density at radius 3 is 2.24 bits per heavy atom. The van der Waals surface area contributed by atoms with Crippen molar-refractivity contribution in [2.45, 2.75) is 118 Å². The Hall–Kier alpha value is -0.410. The molecule has 3 heteroatoms. The van der Waals surface area contributed by atoms with Crippen molar-refractivity contribution in [1.29, 1.82) is 0 Å². The number of hydrogen-bond acceptors (Lipinski definition) is 3. The third-order valence-corrected chi connectivity index (χ3v) is 13.8. The smallest absolute Gasteiger partial charge is 0.167 e. The van der Waals surface area contributed by atoms with E-state index in [4.69, 9.17) is 4.74 Å². The average Bonchev–Trinajstić information content (AvgIpc) is 3.06. The van der Waals surface area contributed by atoms with Gasteiger partial charge in [0.15, 0.2) is 5.78 Å². The highest BCUT2D eigenvalue weighted by Gasteiger charge is 2.73.